The lowest BCUT2D eigenvalue weighted by atomic mass is 10.1. The van der Waals surface area contributed by atoms with Crippen LogP contribution in [0.1, 0.15) is 54.0 Å². The van der Waals surface area contributed by atoms with Crippen LogP contribution in [0.4, 0.5) is 11.4 Å². The van der Waals surface area contributed by atoms with E-state index in [0.29, 0.717) is 28.8 Å². The predicted octanol–water partition coefficient (Wildman–Crippen LogP) is 3.75. The summed E-state index contributed by atoms with van der Waals surface area (Å²) in [7, 11) is 0. The summed E-state index contributed by atoms with van der Waals surface area (Å²) in [6.07, 6.45) is 6.51. The van der Waals surface area contributed by atoms with Crippen LogP contribution in [0.2, 0.25) is 0 Å². The van der Waals surface area contributed by atoms with Crippen molar-refractivity contribution in [3.63, 3.8) is 0 Å². The van der Waals surface area contributed by atoms with Gasteiger partial charge in [-0.15, -0.1) is 0 Å². The molecule has 1 saturated heterocycles. The Morgan fingerprint density at radius 2 is 1.96 bits per heavy atom. The van der Waals surface area contributed by atoms with E-state index in [9.17, 15) is 9.59 Å². The van der Waals surface area contributed by atoms with Gasteiger partial charge in [0.2, 0.25) is 11.8 Å². The first-order valence-electron chi connectivity index (χ1n) is 9.79. The van der Waals surface area contributed by atoms with Crippen LogP contribution >= 0.6 is 0 Å². The molecular weight excluding hydrogens is 354 g/mol. The van der Waals surface area contributed by atoms with Crippen LogP contribution in [0.3, 0.4) is 0 Å². The minimum absolute atomic E-state index is 0.278. The van der Waals surface area contributed by atoms with Crippen molar-refractivity contribution in [2.75, 3.05) is 23.3 Å². The summed E-state index contributed by atoms with van der Waals surface area (Å²) in [5.74, 6) is 2.03. The molecule has 2 fully saturated rings. The van der Waals surface area contributed by atoms with Crippen molar-refractivity contribution in [1.82, 2.24) is 0 Å². The standard InChI is InChI=1S/C22H25N3O3/c1-14-12-17(14)20-8-5-16(28-20)6-9-21(26)24-18-13-15(22(23)27)4-7-19(18)25-10-2-3-11-25/h4-9,13-14,17H,2-3,10-12H2,1H3,(H2,23,27)(H,24,26)/b9-6+/t14-,17+/m0/s1. The number of anilines is 2. The van der Waals surface area contributed by atoms with Crippen LogP contribution in [-0.4, -0.2) is 24.9 Å². The van der Waals surface area contributed by atoms with E-state index in [-0.39, 0.29) is 5.91 Å². The molecule has 2 atom stereocenters. The molecule has 0 radical (unpaired) electrons. The molecule has 0 bridgehead atoms. The average molecular weight is 379 g/mol. The molecule has 6 nitrogen and oxygen atoms in total. The molecular formula is C22H25N3O3. The Labute approximate surface area is 164 Å². The van der Waals surface area contributed by atoms with E-state index in [2.05, 4.69) is 17.1 Å². The normalized spacial score (nSPS) is 21.2. The fourth-order valence-electron chi connectivity index (χ4n) is 3.73. The van der Waals surface area contributed by atoms with Crippen molar-refractivity contribution in [3.8, 4) is 0 Å². The van der Waals surface area contributed by atoms with Crippen molar-refractivity contribution in [2.45, 2.75) is 32.1 Å². The molecule has 28 heavy (non-hydrogen) atoms. The fourth-order valence-corrected chi connectivity index (χ4v) is 3.73. The highest BCUT2D eigenvalue weighted by Gasteiger charge is 2.36. The molecule has 1 aliphatic heterocycles. The number of rotatable bonds is 6. The second kappa shape index (κ2) is 7.54. The maximum atomic E-state index is 12.5. The Bertz CT molecular complexity index is 925. The molecule has 146 valence electrons. The van der Waals surface area contributed by atoms with Crippen LogP contribution in [0.5, 0.6) is 0 Å². The van der Waals surface area contributed by atoms with Gasteiger partial charge in [0.1, 0.15) is 11.5 Å². The molecule has 0 spiro atoms. The van der Waals surface area contributed by atoms with Crippen molar-refractivity contribution < 1.29 is 14.0 Å². The van der Waals surface area contributed by atoms with Gasteiger partial charge in [-0.3, -0.25) is 9.59 Å². The molecule has 6 heteroatoms. The molecule has 4 rings (SSSR count). The summed E-state index contributed by atoms with van der Waals surface area (Å²) in [6.45, 7) is 4.07. The molecule has 0 unspecified atom stereocenters. The summed E-state index contributed by atoms with van der Waals surface area (Å²) >= 11 is 0. The zero-order chi connectivity index (χ0) is 19.7. The number of nitrogens with one attached hydrogen (secondary N) is 1. The van der Waals surface area contributed by atoms with E-state index in [1.807, 2.05) is 18.2 Å². The summed E-state index contributed by atoms with van der Waals surface area (Å²) in [5, 5.41) is 2.89. The van der Waals surface area contributed by atoms with Crippen LogP contribution in [-0.2, 0) is 4.79 Å². The van der Waals surface area contributed by atoms with Crippen molar-refractivity contribution >= 4 is 29.3 Å². The second-order valence-electron chi connectivity index (χ2n) is 7.67. The Hall–Kier alpha value is -3.02. The highest BCUT2D eigenvalue weighted by Crippen LogP contribution is 2.47. The number of hydrogen-bond donors (Lipinski definition) is 2. The van der Waals surface area contributed by atoms with Gasteiger partial charge in [-0.2, -0.15) is 0 Å². The number of nitrogens with two attached hydrogens (primary N) is 1. The van der Waals surface area contributed by atoms with Gasteiger partial charge >= 0.3 is 0 Å². The lowest BCUT2D eigenvalue weighted by molar-refractivity contribution is -0.111. The van der Waals surface area contributed by atoms with Gasteiger partial charge in [0.05, 0.1) is 11.4 Å². The van der Waals surface area contributed by atoms with Crippen LogP contribution in [0, 0.1) is 5.92 Å². The summed E-state index contributed by atoms with van der Waals surface area (Å²) in [5.41, 5.74) is 7.28. The van der Waals surface area contributed by atoms with E-state index in [0.717, 1.165) is 43.8 Å². The number of carbonyl (C=O) groups excluding carboxylic acids is 2. The largest absolute Gasteiger partial charge is 0.461 e. The van der Waals surface area contributed by atoms with Crippen molar-refractivity contribution in [2.24, 2.45) is 11.7 Å². The lowest BCUT2D eigenvalue weighted by Crippen LogP contribution is -2.21. The number of amides is 2. The third kappa shape index (κ3) is 3.96. The van der Waals surface area contributed by atoms with Gasteiger partial charge in [-0.25, -0.2) is 0 Å². The quantitative estimate of drug-likeness (QED) is 0.748. The monoisotopic (exact) mass is 379 g/mol. The van der Waals surface area contributed by atoms with Crippen LogP contribution < -0.4 is 16.0 Å². The molecule has 1 aliphatic carbocycles. The van der Waals surface area contributed by atoms with Gasteiger partial charge < -0.3 is 20.4 Å². The van der Waals surface area contributed by atoms with Crippen LogP contribution in [0.25, 0.3) is 6.08 Å². The van der Waals surface area contributed by atoms with E-state index >= 15 is 0 Å². The SMILES string of the molecule is C[C@H]1C[C@H]1c1ccc(/C=C/C(=O)Nc2cc(C(N)=O)ccc2N2CCCC2)o1. The Balaban J connectivity index is 1.48. The third-order valence-electron chi connectivity index (χ3n) is 5.51. The first-order valence-corrected chi connectivity index (χ1v) is 9.79. The summed E-state index contributed by atoms with van der Waals surface area (Å²) in [6, 6.07) is 9.05. The number of nitrogens with zero attached hydrogens (tertiary/aromatic N) is 1. The van der Waals surface area contributed by atoms with Gasteiger partial charge in [-0.05, 0) is 61.6 Å². The van der Waals surface area contributed by atoms with E-state index < -0.39 is 5.91 Å². The van der Waals surface area contributed by atoms with Gasteiger partial charge in [0, 0.05) is 30.6 Å². The molecule has 2 aliphatic rings. The number of primary amides is 1. The number of hydrogen-bond acceptors (Lipinski definition) is 4. The number of carbonyl (C=O) groups is 2. The second-order valence-corrected chi connectivity index (χ2v) is 7.67. The van der Waals surface area contributed by atoms with Gasteiger partial charge in [-0.1, -0.05) is 6.92 Å². The Morgan fingerprint density at radius 3 is 2.64 bits per heavy atom. The zero-order valence-corrected chi connectivity index (χ0v) is 16.0. The molecule has 2 aromatic rings. The summed E-state index contributed by atoms with van der Waals surface area (Å²) in [4.78, 5) is 26.2. The predicted molar refractivity (Wildman–Crippen MR) is 109 cm³/mol. The molecule has 1 aromatic carbocycles. The van der Waals surface area contributed by atoms with E-state index in [1.54, 1.807) is 18.2 Å². The molecule has 1 aromatic heterocycles. The van der Waals surface area contributed by atoms with E-state index in [4.69, 9.17) is 10.2 Å². The zero-order valence-electron chi connectivity index (χ0n) is 16.0. The molecule has 3 N–H and O–H groups in total. The van der Waals surface area contributed by atoms with E-state index in [1.165, 1.54) is 6.08 Å². The maximum Gasteiger partial charge on any atom is 0.248 e. The topological polar surface area (TPSA) is 88.6 Å². The van der Waals surface area contributed by atoms with Crippen LogP contribution in [0.15, 0.2) is 40.8 Å². The Morgan fingerprint density at radius 1 is 1.21 bits per heavy atom. The number of benzene rings is 1. The fraction of sp³-hybridized carbons (Fsp3) is 0.364. The van der Waals surface area contributed by atoms with Gasteiger partial charge in [0.15, 0.2) is 0 Å². The lowest BCUT2D eigenvalue weighted by Gasteiger charge is -2.21. The minimum Gasteiger partial charge on any atom is -0.461 e. The first-order chi connectivity index (χ1) is 13.5. The average Bonchev–Trinajstić information content (AvgIpc) is 3.09. The van der Waals surface area contributed by atoms with Gasteiger partial charge in [0.25, 0.3) is 0 Å². The summed E-state index contributed by atoms with van der Waals surface area (Å²) < 4.78 is 5.80. The Kier molecular flexibility index (Phi) is 4.94. The van der Waals surface area contributed by atoms with Crippen molar-refractivity contribution in [3.05, 3.63) is 53.5 Å². The molecule has 2 heterocycles. The highest BCUT2D eigenvalue weighted by atomic mass is 16.3. The number of furan rings is 1. The molecule has 2 amide bonds. The van der Waals surface area contributed by atoms with Crippen molar-refractivity contribution in [1.29, 1.82) is 0 Å². The smallest absolute Gasteiger partial charge is 0.248 e. The maximum absolute atomic E-state index is 12.5. The first kappa shape index (κ1) is 18.3. The molecule has 1 saturated carbocycles. The highest BCUT2D eigenvalue weighted by molar-refractivity contribution is 6.05. The third-order valence-corrected chi connectivity index (χ3v) is 5.51. The minimum atomic E-state index is -0.517.